The fourth-order valence-corrected chi connectivity index (χ4v) is 7.61. The van der Waals surface area contributed by atoms with Crippen molar-refractivity contribution in [3.63, 3.8) is 0 Å². The lowest BCUT2D eigenvalue weighted by atomic mass is 9.55. The molecule has 6 N–H and O–H groups in total. The number of phenolic OH excluding ortho intramolecular Hbond substituents is 1. The molecule has 1 fully saturated rings. The monoisotopic (exact) mass is 675 g/mol. The van der Waals surface area contributed by atoms with Gasteiger partial charge in [-0.3, -0.25) is 0 Å². The van der Waals surface area contributed by atoms with Crippen LogP contribution in [0.1, 0.15) is 90.5 Å². The molecule has 12 heteroatoms. The summed E-state index contributed by atoms with van der Waals surface area (Å²) in [4.78, 5) is 21.5. The molecule has 1 saturated carbocycles. The van der Waals surface area contributed by atoms with Crippen molar-refractivity contribution in [3.8, 4) is 11.5 Å². The Balaban J connectivity index is 1.88. The molecular weight excluding hydrogens is 618 g/mol. The number of ether oxygens (including phenoxy) is 2. The highest BCUT2D eigenvalue weighted by molar-refractivity contribution is 6.03. The first-order valence-electron chi connectivity index (χ1n) is 17.6. The SMILES string of the molecule is CCCN(C(=O)NCCOCCO)C1CC(=NOC(C)(C)C)C2=CC(CCCCO)C(CCCCO)C3c4cc(O)ccc4OC1(O)C23. The van der Waals surface area contributed by atoms with Gasteiger partial charge in [0.2, 0.25) is 5.79 Å². The lowest BCUT2D eigenvalue weighted by molar-refractivity contribution is -0.228. The van der Waals surface area contributed by atoms with E-state index < -0.39 is 23.3 Å². The number of rotatable bonds is 17. The molecule has 0 saturated heterocycles. The van der Waals surface area contributed by atoms with E-state index in [0.29, 0.717) is 37.3 Å². The number of hydrogen-bond acceptors (Lipinski definition) is 10. The minimum absolute atomic E-state index is 0.0145. The third-order valence-corrected chi connectivity index (χ3v) is 9.55. The van der Waals surface area contributed by atoms with Gasteiger partial charge >= 0.3 is 6.03 Å². The third kappa shape index (κ3) is 8.81. The second kappa shape index (κ2) is 17.2. The van der Waals surface area contributed by atoms with Crippen molar-refractivity contribution < 1.29 is 44.6 Å². The zero-order valence-electron chi connectivity index (χ0n) is 29.1. The molecule has 48 heavy (non-hydrogen) atoms. The quantitative estimate of drug-likeness (QED) is 0.105. The highest BCUT2D eigenvalue weighted by Crippen LogP contribution is 2.60. The fraction of sp³-hybridized carbons (Fsp3) is 0.722. The highest BCUT2D eigenvalue weighted by atomic mass is 16.6. The van der Waals surface area contributed by atoms with Crippen molar-refractivity contribution in [2.45, 2.75) is 102 Å². The highest BCUT2D eigenvalue weighted by Gasteiger charge is 2.64. The second-order valence-corrected chi connectivity index (χ2v) is 14.2. The number of carbonyl (C=O) groups is 1. The smallest absolute Gasteiger partial charge is 0.317 e. The zero-order valence-corrected chi connectivity index (χ0v) is 29.1. The fourth-order valence-electron chi connectivity index (χ4n) is 7.61. The summed E-state index contributed by atoms with van der Waals surface area (Å²) in [6.07, 6.45) is 7.49. The minimum atomic E-state index is -1.84. The molecule has 0 radical (unpaired) electrons. The number of urea groups is 1. The molecule has 1 heterocycles. The van der Waals surface area contributed by atoms with E-state index in [-0.39, 0.29) is 75.5 Å². The van der Waals surface area contributed by atoms with Crippen molar-refractivity contribution in [2.24, 2.45) is 22.9 Å². The van der Waals surface area contributed by atoms with Gasteiger partial charge < -0.3 is 50.1 Å². The van der Waals surface area contributed by atoms with Gasteiger partial charge in [0.15, 0.2) is 0 Å². The first kappa shape index (κ1) is 37.9. The Morgan fingerprint density at radius 1 is 1.08 bits per heavy atom. The first-order chi connectivity index (χ1) is 23.0. The number of aliphatic hydroxyl groups is 4. The Bertz CT molecular complexity index is 1270. The number of nitrogens with zero attached hydrogens (tertiary/aromatic N) is 2. The van der Waals surface area contributed by atoms with Gasteiger partial charge in [-0.1, -0.05) is 31.0 Å². The number of carbonyl (C=O) groups excluding carboxylic acids is 1. The molecule has 2 amide bonds. The van der Waals surface area contributed by atoms with Gasteiger partial charge in [0.05, 0.1) is 31.5 Å². The average Bonchev–Trinajstić information content (AvgIpc) is 3.04. The van der Waals surface area contributed by atoms with Crippen LogP contribution in [0.4, 0.5) is 4.79 Å². The summed E-state index contributed by atoms with van der Waals surface area (Å²) in [5.74, 6) is -2.14. The van der Waals surface area contributed by atoms with Gasteiger partial charge in [0, 0.05) is 44.2 Å². The Morgan fingerprint density at radius 2 is 1.81 bits per heavy atom. The van der Waals surface area contributed by atoms with Crippen LogP contribution in [0.2, 0.25) is 0 Å². The number of phenols is 1. The maximum atomic E-state index is 13.9. The first-order valence-corrected chi connectivity index (χ1v) is 17.6. The summed E-state index contributed by atoms with van der Waals surface area (Å²) < 4.78 is 12.0. The van der Waals surface area contributed by atoms with E-state index in [0.717, 1.165) is 36.8 Å². The van der Waals surface area contributed by atoms with Gasteiger partial charge in [-0.05, 0) is 88.5 Å². The Labute approximate surface area is 284 Å². The van der Waals surface area contributed by atoms with E-state index in [1.54, 1.807) is 23.1 Å². The molecule has 1 aromatic rings. The number of benzene rings is 1. The molecule has 4 rings (SSSR count). The third-order valence-electron chi connectivity index (χ3n) is 9.55. The van der Waals surface area contributed by atoms with Crippen LogP contribution in [0.5, 0.6) is 11.5 Å². The van der Waals surface area contributed by atoms with Crippen LogP contribution < -0.4 is 10.1 Å². The van der Waals surface area contributed by atoms with E-state index in [9.17, 15) is 25.2 Å². The number of unbranched alkanes of at least 4 members (excludes halogenated alkanes) is 2. The van der Waals surface area contributed by atoms with Gasteiger partial charge in [-0.15, -0.1) is 0 Å². The summed E-state index contributed by atoms with van der Waals surface area (Å²) >= 11 is 0. The predicted molar refractivity (Wildman–Crippen MR) is 182 cm³/mol. The van der Waals surface area contributed by atoms with Crippen LogP contribution in [0.15, 0.2) is 35.0 Å². The molecule has 12 nitrogen and oxygen atoms in total. The lowest BCUT2D eigenvalue weighted by Crippen LogP contribution is -2.69. The van der Waals surface area contributed by atoms with Crippen LogP contribution in [0, 0.1) is 17.8 Å². The Hall–Kier alpha value is -2.90. The standard InChI is InChI=1S/C36H57N3O9/c1-5-15-39(34(44)37-14-19-46-20-18-42)31-23-29(38-48-35(2,3)4)27-21-24(10-6-8-16-40)26(11-7-9-17-41)32-28-22-25(43)12-13-30(28)47-36(31,45)33(27)32/h12-13,21-22,24,26,31-33,40-43,45H,5-11,14-20,23H2,1-4H3,(H,37,44). The molecule has 0 spiro atoms. The summed E-state index contributed by atoms with van der Waals surface area (Å²) in [5.41, 5.74) is 1.66. The van der Waals surface area contributed by atoms with Crippen molar-refractivity contribution in [1.82, 2.24) is 10.2 Å². The van der Waals surface area contributed by atoms with Crippen molar-refractivity contribution in [3.05, 3.63) is 35.4 Å². The summed E-state index contributed by atoms with van der Waals surface area (Å²) in [5, 5.41) is 59.7. The van der Waals surface area contributed by atoms with Gasteiger partial charge in [0.25, 0.3) is 0 Å². The normalized spacial score (nSPS) is 27.0. The molecule has 0 bridgehead atoms. The summed E-state index contributed by atoms with van der Waals surface area (Å²) in [7, 11) is 0. The van der Waals surface area contributed by atoms with Crippen molar-refractivity contribution in [1.29, 1.82) is 0 Å². The Morgan fingerprint density at radius 3 is 2.48 bits per heavy atom. The number of amides is 2. The number of nitrogens with one attached hydrogen (secondary N) is 1. The molecular formula is C36H57N3O9. The van der Waals surface area contributed by atoms with Crippen LogP contribution in [0.25, 0.3) is 0 Å². The molecule has 2 aliphatic carbocycles. The molecule has 1 aromatic carbocycles. The second-order valence-electron chi connectivity index (χ2n) is 14.2. The van der Waals surface area contributed by atoms with Crippen LogP contribution in [-0.2, 0) is 9.57 Å². The molecule has 1 aliphatic heterocycles. The maximum absolute atomic E-state index is 13.9. The van der Waals surface area contributed by atoms with Gasteiger partial charge in [0.1, 0.15) is 23.1 Å². The topological polar surface area (TPSA) is 174 Å². The Kier molecular flexibility index (Phi) is 13.6. The average molecular weight is 676 g/mol. The van der Waals surface area contributed by atoms with E-state index >= 15 is 0 Å². The van der Waals surface area contributed by atoms with Crippen LogP contribution >= 0.6 is 0 Å². The number of aromatic hydroxyl groups is 1. The molecule has 6 atom stereocenters. The van der Waals surface area contributed by atoms with Crippen LogP contribution in [0.3, 0.4) is 0 Å². The summed E-state index contributed by atoms with van der Waals surface area (Å²) in [6.45, 7) is 8.76. The van der Waals surface area contributed by atoms with Crippen molar-refractivity contribution in [2.75, 3.05) is 46.1 Å². The van der Waals surface area contributed by atoms with E-state index in [4.69, 9.17) is 24.6 Å². The number of allylic oxidation sites excluding steroid dienone is 1. The number of aliphatic hydroxyl groups excluding tert-OH is 3. The molecule has 0 aromatic heterocycles. The summed E-state index contributed by atoms with van der Waals surface area (Å²) in [6, 6.07) is 3.75. The number of hydrogen-bond donors (Lipinski definition) is 6. The zero-order chi connectivity index (χ0) is 34.9. The largest absolute Gasteiger partial charge is 0.508 e. The van der Waals surface area contributed by atoms with Crippen molar-refractivity contribution >= 4 is 11.7 Å². The van der Waals surface area contributed by atoms with Crippen LogP contribution in [-0.4, -0.2) is 106 Å². The molecule has 270 valence electrons. The number of fused-ring (bicyclic) bond motifs is 2. The minimum Gasteiger partial charge on any atom is -0.508 e. The van der Waals surface area contributed by atoms with E-state index in [1.165, 1.54) is 0 Å². The predicted octanol–water partition coefficient (Wildman–Crippen LogP) is 4.04. The van der Waals surface area contributed by atoms with Gasteiger partial charge in [-0.25, -0.2) is 4.79 Å². The van der Waals surface area contributed by atoms with E-state index in [1.807, 2.05) is 27.7 Å². The molecule has 6 unspecified atom stereocenters. The molecule has 3 aliphatic rings. The maximum Gasteiger partial charge on any atom is 0.317 e. The van der Waals surface area contributed by atoms with Gasteiger partial charge in [-0.2, -0.15) is 0 Å². The lowest BCUT2D eigenvalue weighted by Gasteiger charge is -2.58. The number of oxime groups is 1. The van der Waals surface area contributed by atoms with E-state index in [2.05, 4.69) is 11.4 Å².